The van der Waals surface area contributed by atoms with E-state index in [2.05, 4.69) is 45.3 Å². The SMILES string of the molecule is COC(=O)C(CC1(C)CC2CCC1CC2C(C)(C)CCNC(=O)CCC(C)C)NC(=O)OCc1ccccc1. The number of carbonyl (C=O) groups excluding carboxylic acids is 3. The minimum Gasteiger partial charge on any atom is -0.467 e. The first kappa shape index (κ1) is 31.0. The van der Waals surface area contributed by atoms with Gasteiger partial charge in [-0.05, 0) is 85.0 Å². The molecule has 7 heteroatoms. The Morgan fingerprint density at radius 2 is 1.85 bits per heavy atom. The standard InChI is InChI=1S/C32H50N2O5/c1-22(2)12-15-28(35)33-17-16-31(3,4)26-18-25-14-13-24(26)19-32(25,5)20-27(29(36)38-6)34-30(37)39-21-23-10-8-7-9-11-23/h7-11,22,24-27H,12-21H2,1-6H3,(H,33,35)(H,34,37). The molecule has 0 aliphatic heterocycles. The van der Waals surface area contributed by atoms with E-state index in [1.54, 1.807) is 0 Å². The zero-order chi connectivity index (χ0) is 28.6. The predicted molar refractivity (Wildman–Crippen MR) is 153 cm³/mol. The lowest BCUT2D eigenvalue weighted by atomic mass is 9.47. The summed E-state index contributed by atoms with van der Waals surface area (Å²) in [6, 6.07) is 8.74. The Morgan fingerprint density at radius 1 is 1.13 bits per heavy atom. The Morgan fingerprint density at radius 3 is 2.46 bits per heavy atom. The normalized spacial score (nSPS) is 25.2. The minimum atomic E-state index is -0.741. The van der Waals surface area contributed by atoms with E-state index in [9.17, 15) is 14.4 Å². The van der Waals surface area contributed by atoms with Crippen LogP contribution in [0.3, 0.4) is 0 Å². The Balaban J connectivity index is 1.56. The van der Waals surface area contributed by atoms with Crippen LogP contribution >= 0.6 is 0 Å². The van der Waals surface area contributed by atoms with Crippen molar-refractivity contribution < 1.29 is 23.9 Å². The first-order chi connectivity index (χ1) is 18.4. The number of methoxy groups -OCH3 is 1. The van der Waals surface area contributed by atoms with Gasteiger partial charge in [0.05, 0.1) is 7.11 Å². The molecule has 0 saturated heterocycles. The molecule has 2 amide bonds. The molecule has 218 valence electrons. The molecule has 1 aromatic rings. The number of hydrogen-bond acceptors (Lipinski definition) is 5. The summed E-state index contributed by atoms with van der Waals surface area (Å²) in [4.78, 5) is 37.5. The van der Waals surface area contributed by atoms with Gasteiger partial charge in [0, 0.05) is 13.0 Å². The number of nitrogens with one attached hydrogen (secondary N) is 2. The molecule has 2 bridgehead atoms. The zero-order valence-electron chi connectivity index (χ0n) is 24.9. The molecule has 4 rings (SSSR count). The van der Waals surface area contributed by atoms with Gasteiger partial charge >= 0.3 is 12.1 Å². The van der Waals surface area contributed by atoms with E-state index >= 15 is 0 Å². The van der Waals surface area contributed by atoms with Crippen LogP contribution in [0.4, 0.5) is 4.79 Å². The molecular weight excluding hydrogens is 492 g/mol. The zero-order valence-corrected chi connectivity index (χ0v) is 24.9. The van der Waals surface area contributed by atoms with E-state index < -0.39 is 18.1 Å². The second-order valence-electron chi connectivity index (χ2n) is 13.2. The van der Waals surface area contributed by atoms with E-state index in [0.29, 0.717) is 43.1 Å². The van der Waals surface area contributed by atoms with E-state index in [4.69, 9.17) is 9.47 Å². The number of benzene rings is 1. The maximum Gasteiger partial charge on any atom is 0.408 e. The number of hydrogen-bond donors (Lipinski definition) is 2. The number of amides is 2. The monoisotopic (exact) mass is 542 g/mol. The average Bonchev–Trinajstić information content (AvgIpc) is 2.90. The highest BCUT2D eigenvalue weighted by Gasteiger charge is 2.53. The molecule has 3 fully saturated rings. The van der Waals surface area contributed by atoms with Crippen molar-refractivity contribution in [3.8, 4) is 0 Å². The Hall–Kier alpha value is -2.57. The van der Waals surface area contributed by atoms with Crippen molar-refractivity contribution >= 4 is 18.0 Å². The van der Waals surface area contributed by atoms with E-state index in [1.165, 1.54) is 13.5 Å². The number of rotatable bonds is 13. The molecule has 7 nitrogen and oxygen atoms in total. The molecule has 3 saturated carbocycles. The number of carbonyl (C=O) groups is 3. The predicted octanol–water partition coefficient (Wildman–Crippen LogP) is 6.26. The van der Waals surface area contributed by atoms with E-state index in [-0.39, 0.29) is 23.3 Å². The second kappa shape index (κ2) is 13.7. The summed E-state index contributed by atoms with van der Waals surface area (Å²) in [6.45, 7) is 12.1. The third kappa shape index (κ3) is 8.71. The van der Waals surface area contributed by atoms with Crippen LogP contribution in [0.25, 0.3) is 0 Å². The second-order valence-corrected chi connectivity index (χ2v) is 13.2. The smallest absolute Gasteiger partial charge is 0.408 e. The van der Waals surface area contributed by atoms with Crippen molar-refractivity contribution in [2.45, 2.75) is 98.6 Å². The Labute approximate surface area is 235 Å². The molecule has 3 aliphatic rings. The van der Waals surface area contributed by atoms with Gasteiger partial charge in [-0.1, -0.05) is 65.0 Å². The van der Waals surface area contributed by atoms with E-state index in [1.807, 2.05) is 30.3 Å². The summed E-state index contributed by atoms with van der Waals surface area (Å²) >= 11 is 0. The van der Waals surface area contributed by atoms with Crippen LogP contribution in [0.2, 0.25) is 0 Å². The molecular formula is C32H50N2O5. The van der Waals surface area contributed by atoms with Crippen LogP contribution < -0.4 is 10.6 Å². The van der Waals surface area contributed by atoms with Crippen molar-refractivity contribution in [1.82, 2.24) is 10.6 Å². The van der Waals surface area contributed by atoms with Crippen molar-refractivity contribution in [2.75, 3.05) is 13.7 Å². The average molecular weight is 543 g/mol. The summed E-state index contributed by atoms with van der Waals surface area (Å²) in [7, 11) is 1.36. The van der Waals surface area contributed by atoms with Gasteiger partial charge in [0.2, 0.25) is 5.91 Å². The van der Waals surface area contributed by atoms with Gasteiger partial charge in [0.25, 0.3) is 0 Å². The molecule has 0 spiro atoms. The van der Waals surface area contributed by atoms with Crippen molar-refractivity contribution in [3.63, 3.8) is 0 Å². The molecule has 39 heavy (non-hydrogen) atoms. The summed E-state index contributed by atoms with van der Waals surface area (Å²) in [6.07, 6.45) is 6.91. The molecule has 0 radical (unpaired) electrons. The number of fused-ring (bicyclic) bond motifs is 3. The first-order valence-corrected chi connectivity index (χ1v) is 14.8. The molecule has 5 unspecified atom stereocenters. The fourth-order valence-corrected chi connectivity index (χ4v) is 7.01. The largest absolute Gasteiger partial charge is 0.467 e. The molecule has 2 N–H and O–H groups in total. The number of alkyl carbamates (subject to hydrolysis) is 1. The van der Waals surface area contributed by atoms with Crippen molar-refractivity contribution in [3.05, 3.63) is 35.9 Å². The number of esters is 1. The van der Waals surface area contributed by atoms with Gasteiger partial charge < -0.3 is 20.1 Å². The minimum absolute atomic E-state index is 0.0634. The maximum atomic E-state index is 12.7. The molecule has 0 aromatic heterocycles. The summed E-state index contributed by atoms with van der Waals surface area (Å²) < 4.78 is 10.5. The lowest BCUT2D eigenvalue weighted by Gasteiger charge is -2.58. The first-order valence-electron chi connectivity index (χ1n) is 14.8. The van der Waals surface area contributed by atoms with Gasteiger partial charge in [-0.15, -0.1) is 0 Å². The Kier molecular flexibility index (Phi) is 10.9. The van der Waals surface area contributed by atoms with Crippen LogP contribution in [0.1, 0.15) is 91.5 Å². The third-order valence-electron chi connectivity index (χ3n) is 9.41. The number of ether oxygens (including phenoxy) is 2. The van der Waals surface area contributed by atoms with Gasteiger partial charge in [0.15, 0.2) is 0 Å². The summed E-state index contributed by atoms with van der Waals surface area (Å²) in [5.41, 5.74) is 0.950. The van der Waals surface area contributed by atoms with Crippen LogP contribution in [-0.2, 0) is 25.7 Å². The summed E-state index contributed by atoms with van der Waals surface area (Å²) in [5.74, 6) is 1.88. The van der Waals surface area contributed by atoms with Crippen LogP contribution in [-0.4, -0.2) is 37.7 Å². The molecule has 3 aliphatic carbocycles. The highest BCUT2D eigenvalue weighted by atomic mass is 16.6. The maximum absolute atomic E-state index is 12.7. The lowest BCUT2D eigenvalue weighted by molar-refractivity contribution is -0.146. The van der Waals surface area contributed by atoms with Crippen LogP contribution in [0, 0.1) is 34.5 Å². The molecule has 5 atom stereocenters. The Bertz CT molecular complexity index is 963. The van der Waals surface area contributed by atoms with Gasteiger partial charge in [-0.25, -0.2) is 9.59 Å². The van der Waals surface area contributed by atoms with Crippen molar-refractivity contribution in [2.24, 2.45) is 34.5 Å². The highest BCUT2D eigenvalue weighted by molar-refractivity contribution is 5.81. The topological polar surface area (TPSA) is 93.7 Å². The van der Waals surface area contributed by atoms with Gasteiger partial charge in [-0.2, -0.15) is 0 Å². The molecule has 0 heterocycles. The third-order valence-corrected chi connectivity index (χ3v) is 9.41. The summed E-state index contributed by atoms with van der Waals surface area (Å²) in [5, 5.41) is 5.93. The lowest BCUT2D eigenvalue weighted by Crippen LogP contribution is -2.53. The fraction of sp³-hybridized carbons (Fsp3) is 0.719. The fourth-order valence-electron chi connectivity index (χ4n) is 7.01. The van der Waals surface area contributed by atoms with Crippen LogP contribution in [0.15, 0.2) is 30.3 Å². The van der Waals surface area contributed by atoms with Gasteiger partial charge in [-0.3, -0.25) is 4.79 Å². The van der Waals surface area contributed by atoms with E-state index in [0.717, 1.165) is 37.7 Å². The van der Waals surface area contributed by atoms with Crippen molar-refractivity contribution in [1.29, 1.82) is 0 Å². The molecule has 1 aromatic carbocycles. The van der Waals surface area contributed by atoms with Crippen LogP contribution in [0.5, 0.6) is 0 Å². The highest BCUT2D eigenvalue weighted by Crippen LogP contribution is 2.60. The quantitative estimate of drug-likeness (QED) is 0.287. The van der Waals surface area contributed by atoms with Gasteiger partial charge in [0.1, 0.15) is 12.6 Å².